The number of aryl methyl sites for hydroxylation is 1. The van der Waals surface area contributed by atoms with Crippen molar-refractivity contribution in [1.29, 1.82) is 0 Å². The third-order valence-electron chi connectivity index (χ3n) is 5.47. The molecule has 1 fully saturated rings. The standard InChI is InChI=1S/C21H23N3O4S/c1-15-19(17-9-5-6-10-18(17)22-15)20(21(25)26)23-11-13-24(14-12-23)29(27,28)16-7-3-2-4-8-16/h2-10,20,22H,11-14H2,1H3,(H,25,26). The lowest BCUT2D eigenvalue weighted by molar-refractivity contribution is -0.144. The third kappa shape index (κ3) is 3.55. The van der Waals surface area contributed by atoms with Crippen molar-refractivity contribution in [3.63, 3.8) is 0 Å². The average molecular weight is 413 g/mol. The Hall–Kier alpha value is -2.68. The number of hydrogen-bond acceptors (Lipinski definition) is 4. The van der Waals surface area contributed by atoms with E-state index in [1.165, 1.54) is 4.31 Å². The van der Waals surface area contributed by atoms with Gasteiger partial charge >= 0.3 is 5.97 Å². The summed E-state index contributed by atoms with van der Waals surface area (Å²) >= 11 is 0. The number of fused-ring (bicyclic) bond motifs is 1. The van der Waals surface area contributed by atoms with E-state index >= 15 is 0 Å². The number of carbonyl (C=O) groups is 1. The fourth-order valence-electron chi connectivity index (χ4n) is 4.06. The van der Waals surface area contributed by atoms with Crippen LogP contribution >= 0.6 is 0 Å². The summed E-state index contributed by atoms with van der Waals surface area (Å²) in [5.41, 5.74) is 2.46. The number of carboxylic acid groups (broad SMARTS) is 1. The first kappa shape index (κ1) is 19.6. The minimum Gasteiger partial charge on any atom is -0.480 e. The number of nitrogens with one attached hydrogen (secondary N) is 1. The number of nitrogens with zero attached hydrogens (tertiary/aromatic N) is 2. The summed E-state index contributed by atoms with van der Waals surface area (Å²) in [5, 5.41) is 10.9. The normalized spacial score (nSPS) is 17.4. The van der Waals surface area contributed by atoms with Crippen LogP contribution in [0.1, 0.15) is 17.3 Å². The molecule has 1 unspecified atom stereocenters. The third-order valence-corrected chi connectivity index (χ3v) is 7.38. The summed E-state index contributed by atoms with van der Waals surface area (Å²) in [4.78, 5) is 17.6. The first-order valence-electron chi connectivity index (χ1n) is 9.49. The second-order valence-corrected chi connectivity index (χ2v) is 9.14. The lowest BCUT2D eigenvalue weighted by Gasteiger charge is -2.37. The van der Waals surface area contributed by atoms with E-state index in [1.54, 1.807) is 30.3 Å². The van der Waals surface area contributed by atoms with Gasteiger partial charge in [-0.25, -0.2) is 8.42 Å². The fourth-order valence-corrected chi connectivity index (χ4v) is 5.50. The number of rotatable bonds is 5. The van der Waals surface area contributed by atoms with Crippen molar-refractivity contribution in [2.24, 2.45) is 0 Å². The molecule has 0 radical (unpaired) electrons. The summed E-state index contributed by atoms with van der Waals surface area (Å²) in [7, 11) is -3.57. The number of carboxylic acids is 1. The lowest BCUT2D eigenvalue weighted by atomic mass is 10.0. The van der Waals surface area contributed by atoms with E-state index in [0.717, 1.165) is 22.2 Å². The molecule has 0 aliphatic carbocycles. The molecule has 2 heterocycles. The van der Waals surface area contributed by atoms with Gasteiger partial charge in [0.1, 0.15) is 6.04 Å². The van der Waals surface area contributed by atoms with Crippen LogP contribution in [0.2, 0.25) is 0 Å². The SMILES string of the molecule is Cc1[nH]c2ccccc2c1C(C(=O)O)N1CCN(S(=O)(=O)c2ccccc2)CC1. The first-order chi connectivity index (χ1) is 13.9. The molecule has 29 heavy (non-hydrogen) atoms. The molecule has 1 aliphatic rings. The van der Waals surface area contributed by atoms with Gasteiger partial charge in [-0.1, -0.05) is 36.4 Å². The molecule has 7 nitrogen and oxygen atoms in total. The summed E-state index contributed by atoms with van der Waals surface area (Å²) in [6, 6.07) is 15.1. The predicted molar refractivity (Wildman–Crippen MR) is 110 cm³/mol. The number of benzene rings is 2. The first-order valence-corrected chi connectivity index (χ1v) is 10.9. The summed E-state index contributed by atoms with van der Waals surface area (Å²) in [6.45, 7) is 3.08. The van der Waals surface area contributed by atoms with Crippen LogP contribution < -0.4 is 0 Å². The highest BCUT2D eigenvalue weighted by molar-refractivity contribution is 7.89. The second-order valence-electron chi connectivity index (χ2n) is 7.20. The van der Waals surface area contributed by atoms with Crippen LogP contribution in [0.25, 0.3) is 10.9 Å². The Morgan fingerprint density at radius 1 is 1.00 bits per heavy atom. The molecular weight excluding hydrogens is 390 g/mol. The Labute approximate surface area is 169 Å². The van der Waals surface area contributed by atoms with Gasteiger partial charge in [-0.2, -0.15) is 4.31 Å². The van der Waals surface area contributed by atoms with Crippen molar-refractivity contribution in [2.75, 3.05) is 26.2 Å². The molecular formula is C21H23N3O4S. The van der Waals surface area contributed by atoms with Gasteiger partial charge in [0, 0.05) is 48.3 Å². The Bertz CT molecular complexity index is 1130. The van der Waals surface area contributed by atoms with E-state index in [4.69, 9.17) is 0 Å². The van der Waals surface area contributed by atoms with Crippen LogP contribution in [-0.2, 0) is 14.8 Å². The van der Waals surface area contributed by atoms with E-state index in [9.17, 15) is 18.3 Å². The van der Waals surface area contributed by atoms with Gasteiger partial charge in [0.15, 0.2) is 0 Å². The summed E-state index contributed by atoms with van der Waals surface area (Å²) < 4.78 is 27.1. The number of para-hydroxylation sites is 1. The number of aliphatic carboxylic acids is 1. The highest BCUT2D eigenvalue weighted by Crippen LogP contribution is 2.33. The Morgan fingerprint density at radius 3 is 2.28 bits per heavy atom. The largest absolute Gasteiger partial charge is 0.480 e. The topological polar surface area (TPSA) is 93.7 Å². The van der Waals surface area contributed by atoms with Gasteiger partial charge in [-0.15, -0.1) is 0 Å². The van der Waals surface area contributed by atoms with E-state index in [1.807, 2.05) is 36.1 Å². The summed E-state index contributed by atoms with van der Waals surface area (Å²) in [6.07, 6.45) is 0. The van der Waals surface area contributed by atoms with Crippen molar-refractivity contribution in [2.45, 2.75) is 17.9 Å². The lowest BCUT2D eigenvalue weighted by Crippen LogP contribution is -2.51. The van der Waals surface area contributed by atoms with E-state index in [-0.39, 0.29) is 18.0 Å². The van der Waals surface area contributed by atoms with Gasteiger partial charge in [-0.05, 0) is 25.1 Å². The Kier molecular flexibility index (Phi) is 5.16. The monoisotopic (exact) mass is 413 g/mol. The van der Waals surface area contributed by atoms with Crippen LogP contribution in [0.5, 0.6) is 0 Å². The van der Waals surface area contributed by atoms with Crippen LogP contribution in [0.15, 0.2) is 59.5 Å². The minimum absolute atomic E-state index is 0.252. The Balaban J connectivity index is 1.59. The highest BCUT2D eigenvalue weighted by Gasteiger charge is 2.36. The molecule has 2 aromatic carbocycles. The molecule has 3 aromatic rings. The van der Waals surface area contributed by atoms with Crippen LogP contribution in [0, 0.1) is 6.92 Å². The molecule has 0 spiro atoms. The van der Waals surface area contributed by atoms with Crippen LogP contribution in [-0.4, -0.2) is 59.9 Å². The quantitative estimate of drug-likeness (QED) is 0.671. The van der Waals surface area contributed by atoms with Crippen LogP contribution in [0.4, 0.5) is 0 Å². The molecule has 4 rings (SSSR count). The second kappa shape index (κ2) is 7.62. The minimum atomic E-state index is -3.57. The molecule has 8 heteroatoms. The van der Waals surface area contributed by atoms with Gasteiger partial charge < -0.3 is 10.1 Å². The zero-order chi connectivity index (χ0) is 20.6. The van der Waals surface area contributed by atoms with E-state index in [2.05, 4.69) is 4.98 Å². The number of sulfonamides is 1. The predicted octanol–water partition coefficient (Wildman–Crippen LogP) is 2.61. The number of hydrogen-bond donors (Lipinski definition) is 2. The molecule has 1 aromatic heterocycles. The van der Waals surface area contributed by atoms with Gasteiger partial charge in [0.25, 0.3) is 0 Å². The zero-order valence-electron chi connectivity index (χ0n) is 16.1. The van der Waals surface area contributed by atoms with Crippen molar-refractivity contribution in [3.8, 4) is 0 Å². The Morgan fingerprint density at radius 2 is 1.62 bits per heavy atom. The van der Waals surface area contributed by atoms with Gasteiger partial charge in [-0.3, -0.25) is 9.69 Å². The molecule has 1 atom stereocenters. The molecule has 0 saturated carbocycles. The van der Waals surface area contributed by atoms with Gasteiger partial charge in [0.2, 0.25) is 10.0 Å². The summed E-state index contributed by atoms with van der Waals surface area (Å²) in [5.74, 6) is -0.933. The molecule has 152 valence electrons. The molecule has 1 aliphatic heterocycles. The number of H-pyrrole nitrogens is 1. The molecule has 0 bridgehead atoms. The van der Waals surface area contributed by atoms with Crippen molar-refractivity contribution in [1.82, 2.24) is 14.2 Å². The fraction of sp³-hybridized carbons (Fsp3) is 0.286. The van der Waals surface area contributed by atoms with Crippen molar-refractivity contribution >= 4 is 26.9 Å². The maximum Gasteiger partial charge on any atom is 0.325 e. The number of aromatic nitrogens is 1. The number of aromatic amines is 1. The zero-order valence-corrected chi connectivity index (χ0v) is 16.9. The maximum atomic E-state index is 12.8. The van der Waals surface area contributed by atoms with E-state index < -0.39 is 22.0 Å². The molecule has 2 N–H and O–H groups in total. The highest BCUT2D eigenvalue weighted by atomic mass is 32.2. The molecule has 1 saturated heterocycles. The molecule has 0 amide bonds. The number of piperazine rings is 1. The maximum absolute atomic E-state index is 12.8. The van der Waals surface area contributed by atoms with Crippen LogP contribution in [0.3, 0.4) is 0 Å². The van der Waals surface area contributed by atoms with Crippen molar-refractivity contribution in [3.05, 3.63) is 65.9 Å². The van der Waals surface area contributed by atoms with Crippen molar-refractivity contribution < 1.29 is 18.3 Å². The van der Waals surface area contributed by atoms with Gasteiger partial charge in [0.05, 0.1) is 4.90 Å². The smallest absolute Gasteiger partial charge is 0.325 e. The van der Waals surface area contributed by atoms with E-state index in [0.29, 0.717) is 13.1 Å². The average Bonchev–Trinajstić information content (AvgIpc) is 3.05.